The molecular weight excluding hydrogens is 311 g/mol. The number of H-pyrrole nitrogens is 1. The number of hydrogen-bond donors (Lipinski definition) is 5. The summed E-state index contributed by atoms with van der Waals surface area (Å²) in [6.07, 6.45) is 2.69. The van der Waals surface area contributed by atoms with Gasteiger partial charge >= 0.3 is 0 Å². The third kappa shape index (κ3) is 2.84. The average molecular weight is 329 g/mol. The number of hydrogen-bond acceptors (Lipinski definition) is 4. The molecule has 1 aliphatic rings. The van der Waals surface area contributed by atoms with Gasteiger partial charge in [-0.25, -0.2) is 0 Å². The van der Waals surface area contributed by atoms with Crippen molar-refractivity contribution < 1.29 is 5.11 Å². The zero-order valence-electron chi connectivity index (χ0n) is 11.5. The molecule has 7 heteroatoms. The van der Waals surface area contributed by atoms with E-state index in [0.717, 1.165) is 29.7 Å². The summed E-state index contributed by atoms with van der Waals surface area (Å²) in [5.41, 5.74) is 9.32. The Morgan fingerprint density at radius 3 is 2.76 bits per heavy atom. The van der Waals surface area contributed by atoms with Crippen LogP contribution in [-0.2, 0) is 0 Å². The first-order chi connectivity index (χ1) is 10.2. The van der Waals surface area contributed by atoms with Gasteiger partial charge in [0.1, 0.15) is 0 Å². The van der Waals surface area contributed by atoms with Gasteiger partial charge in [-0.2, -0.15) is 0 Å². The minimum Gasteiger partial charge on any atom is -0.396 e. The Kier molecular flexibility index (Phi) is 4.57. The molecule has 0 spiro atoms. The number of halogens is 2. The van der Waals surface area contributed by atoms with Crippen molar-refractivity contribution in [2.75, 3.05) is 31.6 Å². The van der Waals surface area contributed by atoms with Crippen LogP contribution in [0, 0.1) is 0 Å². The zero-order valence-corrected chi connectivity index (χ0v) is 13.0. The molecule has 21 heavy (non-hydrogen) atoms. The number of aliphatic hydroxyl groups excluding tert-OH is 1. The number of nitrogens with one attached hydrogen (secondary N) is 4. The van der Waals surface area contributed by atoms with Gasteiger partial charge in [-0.1, -0.05) is 23.2 Å². The van der Waals surface area contributed by atoms with Gasteiger partial charge in [-0.05, 0) is 18.1 Å². The van der Waals surface area contributed by atoms with Crippen LogP contribution in [0.3, 0.4) is 0 Å². The molecule has 2 aromatic rings. The van der Waals surface area contributed by atoms with Crippen molar-refractivity contribution in [1.29, 1.82) is 0 Å². The van der Waals surface area contributed by atoms with Crippen molar-refractivity contribution in [3.63, 3.8) is 0 Å². The fourth-order valence-electron chi connectivity index (χ4n) is 2.73. The van der Waals surface area contributed by atoms with Gasteiger partial charge in [-0.3, -0.25) is 10.9 Å². The lowest BCUT2D eigenvalue weighted by molar-refractivity contribution is 0.292. The molecule has 1 saturated heterocycles. The lowest BCUT2D eigenvalue weighted by Crippen LogP contribution is -2.21. The second-order valence-corrected chi connectivity index (χ2v) is 5.96. The van der Waals surface area contributed by atoms with Crippen LogP contribution in [0.5, 0.6) is 0 Å². The molecule has 1 aromatic heterocycles. The summed E-state index contributed by atoms with van der Waals surface area (Å²) in [7, 11) is 0. The van der Waals surface area contributed by atoms with E-state index in [0.29, 0.717) is 28.9 Å². The van der Waals surface area contributed by atoms with Gasteiger partial charge in [0.2, 0.25) is 0 Å². The van der Waals surface area contributed by atoms with Crippen molar-refractivity contribution >= 4 is 39.8 Å². The third-order valence-corrected chi connectivity index (χ3v) is 4.58. The van der Waals surface area contributed by atoms with Gasteiger partial charge in [0, 0.05) is 49.4 Å². The van der Waals surface area contributed by atoms with Crippen molar-refractivity contribution in [2.45, 2.75) is 12.3 Å². The summed E-state index contributed by atoms with van der Waals surface area (Å²) >= 11 is 12.5. The van der Waals surface area contributed by atoms with Gasteiger partial charge in [0.05, 0.1) is 15.6 Å². The van der Waals surface area contributed by atoms with E-state index in [1.54, 1.807) is 0 Å². The van der Waals surface area contributed by atoms with E-state index >= 15 is 0 Å². The zero-order chi connectivity index (χ0) is 14.8. The molecule has 0 aliphatic carbocycles. The fourth-order valence-corrected chi connectivity index (χ4v) is 3.14. The topological polar surface area (TPSA) is 72.1 Å². The van der Waals surface area contributed by atoms with Crippen LogP contribution < -0.4 is 16.2 Å². The number of hydrazine groups is 1. The molecule has 0 saturated carbocycles. The van der Waals surface area contributed by atoms with Crippen LogP contribution in [-0.4, -0.2) is 36.3 Å². The number of rotatable bonds is 5. The Morgan fingerprint density at radius 2 is 2.05 bits per heavy atom. The molecule has 3 rings (SSSR count). The molecule has 0 amide bonds. The predicted octanol–water partition coefficient (Wildman–Crippen LogP) is 2.46. The highest BCUT2D eigenvalue weighted by Crippen LogP contribution is 2.39. The molecule has 0 radical (unpaired) electrons. The quantitative estimate of drug-likeness (QED) is 0.547. The summed E-state index contributed by atoms with van der Waals surface area (Å²) in [6.45, 7) is 2.61. The minimum atomic E-state index is 0.161. The molecular formula is C14H18Cl2N4O. The average Bonchev–Trinajstić information content (AvgIpc) is 3.13. The van der Waals surface area contributed by atoms with Crippen molar-refractivity contribution in [3.8, 4) is 0 Å². The summed E-state index contributed by atoms with van der Waals surface area (Å²) in [4.78, 5) is 3.24. The molecule has 0 unspecified atom stereocenters. The van der Waals surface area contributed by atoms with Crippen LogP contribution in [0.1, 0.15) is 17.9 Å². The largest absolute Gasteiger partial charge is 0.396 e. The molecule has 5 nitrogen and oxygen atoms in total. The van der Waals surface area contributed by atoms with E-state index in [1.807, 2.05) is 12.3 Å². The number of anilines is 1. The van der Waals surface area contributed by atoms with E-state index in [1.165, 1.54) is 5.56 Å². The smallest absolute Gasteiger partial charge is 0.0834 e. The fraction of sp³-hybridized carbons (Fsp3) is 0.429. The summed E-state index contributed by atoms with van der Waals surface area (Å²) in [5.74, 6) is 0.384. The third-order valence-electron chi connectivity index (χ3n) is 3.79. The molecule has 5 N–H and O–H groups in total. The minimum absolute atomic E-state index is 0.161. The van der Waals surface area contributed by atoms with Gasteiger partial charge < -0.3 is 15.4 Å². The first kappa shape index (κ1) is 14.9. The van der Waals surface area contributed by atoms with Crippen LogP contribution in [0.25, 0.3) is 10.9 Å². The van der Waals surface area contributed by atoms with E-state index in [2.05, 4.69) is 21.2 Å². The van der Waals surface area contributed by atoms with Gasteiger partial charge in [0.15, 0.2) is 0 Å². The summed E-state index contributed by atoms with van der Waals surface area (Å²) < 4.78 is 0. The Hall–Kier alpha value is -0.980. The number of aromatic amines is 1. The second-order valence-electron chi connectivity index (χ2n) is 5.18. The maximum Gasteiger partial charge on any atom is 0.0834 e. The molecule has 1 aliphatic heterocycles. The number of benzene rings is 1. The van der Waals surface area contributed by atoms with E-state index < -0.39 is 0 Å². The molecule has 0 atom stereocenters. The number of fused-ring (bicyclic) bond motifs is 1. The predicted molar refractivity (Wildman–Crippen MR) is 87.3 cm³/mol. The summed E-state index contributed by atoms with van der Waals surface area (Å²) in [6, 6.07) is 1.86. The Labute approximate surface area is 133 Å². The highest BCUT2D eigenvalue weighted by molar-refractivity contribution is 6.45. The second kappa shape index (κ2) is 6.42. The monoisotopic (exact) mass is 328 g/mol. The molecule has 1 fully saturated rings. The van der Waals surface area contributed by atoms with E-state index in [9.17, 15) is 0 Å². The van der Waals surface area contributed by atoms with Crippen LogP contribution in [0.4, 0.5) is 5.69 Å². The first-order valence-corrected chi connectivity index (χ1v) is 7.77. The Morgan fingerprint density at radius 1 is 1.29 bits per heavy atom. The van der Waals surface area contributed by atoms with Crippen molar-refractivity contribution in [1.82, 2.24) is 15.8 Å². The van der Waals surface area contributed by atoms with Gasteiger partial charge in [-0.15, -0.1) is 0 Å². The van der Waals surface area contributed by atoms with Crippen molar-refractivity contribution in [2.24, 2.45) is 0 Å². The Balaban J connectivity index is 2.05. The normalized spacial score (nSPS) is 16.0. The molecule has 2 heterocycles. The first-order valence-electron chi connectivity index (χ1n) is 7.01. The standard InChI is InChI=1S/C14H18Cl2N4O/c15-10-4-11(17-2-1-3-21)12-9(8-5-19-20-6-8)7-18-14(12)13(10)16/h4,7-8,17-21H,1-3,5-6H2. The van der Waals surface area contributed by atoms with E-state index in [-0.39, 0.29) is 6.61 Å². The lowest BCUT2D eigenvalue weighted by atomic mass is 9.98. The molecule has 1 aromatic carbocycles. The van der Waals surface area contributed by atoms with Crippen LogP contribution in [0.2, 0.25) is 10.0 Å². The number of aromatic nitrogens is 1. The molecule has 0 bridgehead atoms. The SMILES string of the molecule is OCCCNc1cc(Cl)c(Cl)c2[nH]cc(C3CNNC3)c12. The number of aliphatic hydroxyl groups is 1. The molecule has 114 valence electrons. The summed E-state index contributed by atoms with van der Waals surface area (Å²) in [5, 5.41) is 14.4. The van der Waals surface area contributed by atoms with Crippen LogP contribution >= 0.6 is 23.2 Å². The maximum atomic E-state index is 8.93. The highest BCUT2D eigenvalue weighted by atomic mass is 35.5. The Bertz CT molecular complexity index is 637. The maximum absolute atomic E-state index is 8.93. The van der Waals surface area contributed by atoms with E-state index in [4.69, 9.17) is 28.3 Å². The van der Waals surface area contributed by atoms with Crippen molar-refractivity contribution in [3.05, 3.63) is 27.9 Å². The highest BCUT2D eigenvalue weighted by Gasteiger charge is 2.23. The van der Waals surface area contributed by atoms with Crippen LogP contribution in [0.15, 0.2) is 12.3 Å². The lowest BCUT2D eigenvalue weighted by Gasteiger charge is -2.13. The van der Waals surface area contributed by atoms with Gasteiger partial charge in [0.25, 0.3) is 0 Å².